The average molecular weight is 341 g/mol. The standard InChI is InChI=1S/C17H19N5OS/c1-12-3-8-15(9-12)19-20-16(23)14-6-4-13(5-7-14)10-24-17-21-18-11-22(17)2/h4-7,9,11H,3,8,10H2,1-2H3,(H,20,23)/b19-15+. The van der Waals surface area contributed by atoms with Crippen LogP contribution in [0.4, 0.5) is 0 Å². The predicted octanol–water partition coefficient (Wildman–Crippen LogP) is 2.93. The van der Waals surface area contributed by atoms with Gasteiger partial charge in [-0.05, 0) is 43.5 Å². The number of hydrazone groups is 1. The van der Waals surface area contributed by atoms with Crippen LogP contribution in [-0.2, 0) is 12.8 Å². The molecular formula is C17H19N5OS. The molecule has 1 aliphatic rings. The van der Waals surface area contributed by atoms with Gasteiger partial charge in [0.2, 0.25) is 0 Å². The number of nitrogens with one attached hydrogen (secondary N) is 1. The molecule has 0 aliphatic heterocycles. The van der Waals surface area contributed by atoms with Gasteiger partial charge in [0.15, 0.2) is 5.16 Å². The molecule has 0 saturated heterocycles. The van der Waals surface area contributed by atoms with Crippen molar-refractivity contribution in [1.29, 1.82) is 0 Å². The van der Waals surface area contributed by atoms with E-state index in [4.69, 9.17) is 0 Å². The van der Waals surface area contributed by atoms with Gasteiger partial charge in [0.1, 0.15) is 6.33 Å². The second-order valence-electron chi connectivity index (χ2n) is 5.74. The summed E-state index contributed by atoms with van der Waals surface area (Å²) >= 11 is 1.61. The Morgan fingerprint density at radius 1 is 1.33 bits per heavy atom. The maximum Gasteiger partial charge on any atom is 0.271 e. The zero-order valence-corrected chi connectivity index (χ0v) is 14.5. The summed E-state index contributed by atoms with van der Waals surface area (Å²) < 4.78 is 1.88. The molecule has 24 heavy (non-hydrogen) atoms. The Kier molecular flexibility index (Phi) is 5.10. The molecule has 6 nitrogen and oxygen atoms in total. The summed E-state index contributed by atoms with van der Waals surface area (Å²) in [5, 5.41) is 12.9. The number of nitrogens with zero attached hydrogens (tertiary/aromatic N) is 4. The van der Waals surface area contributed by atoms with Gasteiger partial charge in [-0.15, -0.1) is 10.2 Å². The number of benzene rings is 1. The Labute approximate surface area is 145 Å². The van der Waals surface area contributed by atoms with Gasteiger partial charge in [-0.3, -0.25) is 4.79 Å². The Morgan fingerprint density at radius 3 is 2.75 bits per heavy atom. The van der Waals surface area contributed by atoms with Crippen molar-refractivity contribution < 1.29 is 4.79 Å². The molecule has 1 aliphatic carbocycles. The molecule has 0 spiro atoms. The van der Waals surface area contributed by atoms with Crippen LogP contribution in [0.1, 0.15) is 35.7 Å². The number of carbonyl (C=O) groups is 1. The molecule has 1 aromatic heterocycles. The van der Waals surface area contributed by atoms with E-state index in [1.54, 1.807) is 18.1 Å². The van der Waals surface area contributed by atoms with E-state index in [9.17, 15) is 4.79 Å². The van der Waals surface area contributed by atoms with Gasteiger partial charge >= 0.3 is 0 Å². The van der Waals surface area contributed by atoms with Crippen LogP contribution < -0.4 is 5.43 Å². The van der Waals surface area contributed by atoms with Crippen LogP contribution in [0.3, 0.4) is 0 Å². The van der Waals surface area contributed by atoms with Crippen LogP contribution in [0.15, 0.2) is 52.5 Å². The summed E-state index contributed by atoms with van der Waals surface area (Å²) in [4.78, 5) is 12.1. The maximum absolute atomic E-state index is 12.1. The van der Waals surface area contributed by atoms with E-state index >= 15 is 0 Å². The number of rotatable bonds is 5. The van der Waals surface area contributed by atoms with Crippen molar-refractivity contribution in [2.24, 2.45) is 12.1 Å². The summed E-state index contributed by atoms with van der Waals surface area (Å²) in [5.41, 5.74) is 6.57. The second-order valence-corrected chi connectivity index (χ2v) is 6.69. The highest BCUT2D eigenvalue weighted by molar-refractivity contribution is 7.98. The third-order valence-corrected chi connectivity index (χ3v) is 4.85. The molecule has 7 heteroatoms. The molecule has 2 aromatic rings. The first kappa shape index (κ1) is 16.4. The largest absolute Gasteiger partial charge is 0.312 e. The first-order chi connectivity index (χ1) is 11.6. The third-order valence-electron chi connectivity index (χ3n) is 3.74. The van der Waals surface area contributed by atoms with Crippen LogP contribution in [0.5, 0.6) is 0 Å². The second kappa shape index (κ2) is 7.44. The molecule has 1 amide bonds. The van der Waals surface area contributed by atoms with Gasteiger partial charge in [0.25, 0.3) is 5.91 Å². The molecule has 1 aromatic carbocycles. The minimum absolute atomic E-state index is 0.187. The fraction of sp³-hybridized carbons (Fsp3) is 0.294. The summed E-state index contributed by atoms with van der Waals surface area (Å²) in [7, 11) is 1.91. The number of aromatic nitrogens is 3. The SMILES string of the molecule is CC1=C/C(=N/NC(=O)c2ccc(CSc3nncn3C)cc2)CC1. The molecule has 0 saturated carbocycles. The number of allylic oxidation sites excluding steroid dienone is 2. The smallest absolute Gasteiger partial charge is 0.271 e. The van der Waals surface area contributed by atoms with E-state index in [0.717, 1.165) is 35.0 Å². The normalized spacial score (nSPS) is 15.6. The molecule has 0 fully saturated rings. The van der Waals surface area contributed by atoms with Crippen molar-refractivity contribution in [3.8, 4) is 0 Å². The monoisotopic (exact) mass is 341 g/mol. The number of hydrogen-bond acceptors (Lipinski definition) is 5. The molecule has 0 radical (unpaired) electrons. The lowest BCUT2D eigenvalue weighted by Crippen LogP contribution is -2.18. The van der Waals surface area contributed by atoms with E-state index in [1.807, 2.05) is 42.0 Å². The van der Waals surface area contributed by atoms with Crippen LogP contribution >= 0.6 is 11.8 Å². The highest BCUT2D eigenvalue weighted by Crippen LogP contribution is 2.20. The molecular weight excluding hydrogens is 322 g/mol. The summed E-state index contributed by atoms with van der Waals surface area (Å²) in [6, 6.07) is 7.53. The number of aryl methyl sites for hydroxylation is 1. The number of carbonyl (C=O) groups excluding carboxylic acids is 1. The molecule has 124 valence electrons. The van der Waals surface area contributed by atoms with E-state index in [2.05, 4.69) is 27.6 Å². The summed E-state index contributed by atoms with van der Waals surface area (Å²) in [6.45, 7) is 2.07. The number of hydrogen-bond donors (Lipinski definition) is 1. The van der Waals surface area contributed by atoms with Crippen molar-refractivity contribution in [3.63, 3.8) is 0 Å². The minimum Gasteiger partial charge on any atom is -0.312 e. The van der Waals surface area contributed by atoms with Gasteiger partial charge < -0.3 is 4.57 Å². The fourth-order valence-corrected chi connectivity index (χ4v) is 3.18. The summed E-state index contributed by atoms with van der Waals surface area (Å²) in [6.07, 6.45) is 5.61. The number of amides is 1. The molecule has 1 heterocycles. The summed E-state index contributed by atoms with van der Waals surface area (Å²) in [5.74, 6) is 0.591. The maximum atomic E-state index is 12.1. The Hall–Kier alpha value is -2.41. The van der Waals surface area contributed by atoms with Crippen LogP contribution in [0, 0.1) is 0 Å². The zero-order valence-electron chi connectivity index (χ0n) is 13.7. The lowest BCUT2D eigenvalue weighted by atomic mass is 10.1. The van der Waals surface area contributed by atoms with E-state index in [-0.39, 0.29) is 5.91 Å². The fourth-order valence-electron chi connectivity index (χ4n) is 2.33. The van der Waals surface area contributed by atoms with Gasteiger partial charge in [-0.1, -0.05) is 29.5 Å². The van der Waals surface area contributed by atoms with Crippen molar-refractivity contribution in [3.05, 3.63) is 53.4 Å². The first-order valence-electron chi connectivity index (χ1n) is 7.71. The van der Waals surface area contributed by atoms with Crippen molar-refractivity contribution >= 4 is 23.4 Å². The molecule has 3 rings (SSSR count). The molecule has 0 bridgehead atoms. The Bertz CT molecular complexity index is 792. The number of thioether (sulfide) groups is 1. The van der Waals surface area contributed by atoms with E-state index in [0.29, 0.717) is 5.56 Å². The van der Waals surface area contributed by atoms with Crippen molar-refractivity contribution in [2.75, 3.05) is 0 Å². The topological polar surface area (TPSA) is 72.2 Å². The van der Waals surface area contributed by atoms with Gasteiger partial charge in [0, 0.05) is 18.4 Å². The lowest BCUT2D eigenvalue weighted by Gasteiger charge is -2.04. The van der Waals surface area contributed by atoms with E-state index < -0.39 is 0 Å². The molecule has 1 N–H and O–H groups in total. The predicted molar refractivity (Wildman–Crippen MR) is 94.9 cm³/mol. The van der Waals surface area contributed by atoms with Crippen LogP contribution in [-0.4, -0.2) is 26.4 Å². The van der Waals surface area contributed by atoms with Crippen LogP contribution in [0.25, 0.3) is 0 Å². The lowest BCUT2D eigenvalue weighted by molar-refractivity contribution is 0.0955. The third kappa shape index (κ3) is 4.11. The Balaban J connectivity index is 1.56. The first-order valence-corrected chi connectivity index (χ1v) is 8.70. The average Bonchev–Trinajstić information content (AvgIpc) is 3.19. The highest BCUT2D eigenvalue weighted by Gasteiger charge is 2.09. The Morgan fingerprint density at radius 2 is 2.12 bits per heavy atom. The van der Waals surface area contributed by atoms with E-state index in [1.165, 1.54) is 5.57 Å². The molecule has 0 atom stereocenters. The van der Waals surface area contributed by atoms with Crippen molar-refractivity contribution in [2.45, 2.75) is 30.7 Å². The molecule has 0 unspecified atom stereocenters. The highest BCUT2D eigenvalue weighted by atomic mass is 32.2. The van der Waals surface area contributed by atoms with Gasteiger partial charge in [-0.2, -0.15) is 5.10 Å². The van der Waals surface area contributed by atoms with Crippen molar-refractivity contribution in [1.82, 2.24) is 20.2 Å². The quantitative estimate of drug-likeness (QED) is 0.670. The minimum atomic E-state index is -0.187. The van der Waals surface area contributed by atoms with Gasteiger partial charge in [0.05, 0.1) is 5.71 Å². The zero-order chi connectivity index (χ0) is 16.9. The van der Waals surface area contributed by atoms with Crippen LogP contribution in [0.2, 0.25) is 0 Å². The van der Waals surface area contributed by atoms with Gasteiger partial charge in [-0.25, -0.2) is 5.43 Å².